The minimum atomic E-state index is -0.138. The monoisotopic (exact) mass is 400 g/mol. The molecule has 1 amide bonds. The zero-order valence-electron chi connectivity index (χ0n) is 14.0. The van der Waals surface area contributed by atoms with Crippen LogP contribution in [0.1, 0.15) is 49.0 Å². The van der Waals surface area contributed by atoms with Crippen molar-refractivity contribution in [3.63, 3.8) is 0 Å². The maximum Gasteiger partial charge on any atom is 0.268 e. The van der Waals surface area contributed by atoms with Gasteiger partial charge in [0.2, 0.25) is 0 Å². The summed E-state index contributed by atoms with van der Waals surface area (Å²) in [6, 6.07) is 6.97. The third-order valence-corrected chi connectivity index (χ3v) is 7.13. The number of rotatable bonds is 2. The minimum Gasteiger partial charge on any atom is -0.350 e. The smallest absolute Gasteiger partial charge is 0.268 e. The van der Waals surface area contributed by atoms with E-state index in [0.717, 1.165) is 41.5 Å². The average molecular weight is 401 g/mol. The van der Waals surface area contributed by atoms with Gasteiger partial charge in [-0.3, -0.25) is 9.59 Å². The summed E-state index contributed by atoms with van der Waals surface area (Å²) in [7, 11) is 0. The van der Waals surface area contributed by atoms with Crippen LogP contribution in [0.2, 0.25) is 0 Å². The highest BCUT2D eigenvalue weighted by atomic mass is 79.9. The number of carbonyl (C=O) groups is 1. The van der Waals surface area contributed by atoms with Crippen LogP contribution in [0.3, 0.4) is 0 Å². The first kappa shape index (κ1) is 15.6. The molecule has 1 heterocycles. The second-order valence-electron chi connectivity index (χ2n) is 8.36. The second kappa shape index (κ2) is 5.44. The lowest BCUT2D eigenvalue weighted by atomic mass is 9.53. The van der Waals surface area contributed by atoms with Gasteiger partial charge in [-0.15, -0.1) is 0 Å². The van der Waals surface area contributed by atoms with Gasteiger partial charge in [0.05, 0.1) is 10.9 Å². The maximum absolute atomic E-state index is 12.9. The highest BCUT2D eigenvalue weighted by Crippen LogP contribution is 2.55. The van der Waals surface area contributed by atoms with Gasteiger partial charge in [-0.2, -0.15) is 0 Å². The van der Waals surface area contributed by atoms with Crippen LogP contribution in [-0.2, 0) is 0 Å². The summed E-state index contributed by atoms with van der Waals surface area (Å²) >= 11 is 3.41. The Labute approximate surface area is 154 Å². The Balaban J connectivity index is 1.47. The Morgan fingerprint density at radius 2 is 1.76 bits per heavy atom. The number of hydrogen-bond donors (Lipinski definition) is 2. The van der Waals surface area contributed by atoms with Crippen LogP contribution in [0.4, 0.5) is 0 Å². The first-order valence-electron chi connectivity index (χ1n) is 9.15. The molecule has 0 unspecified atom stereocenters. The van der Waals surface area contributed by atoms with Crippen molar-refractivity contribution in [3.8, 4) is 0 Å². The number of benzene rings is 1. The summed E-state index contributed by atoms with van der Waals surface area (Å²) in [6.07, 6.45) is 7.35. The molecule has 0 saturated heterocycles. The van der Waals surface area contributed by atoms with Crippen molar-refractivity contribution in [3.05, 3.63) is 44.7 Å². The number of amides is 1. The normalized spacial score (nSPS) is 32.9. The molecule has 4 aliphatic rings. The van der Waals surface area contributed by atoms with E-state index in [1.807, 2.05) is 18.2 Å². The Bertz CT molecular complexity index is 898. The predicted octanol–water partition coefficient (Wildman–Crippen LogP) is 3.99. The van der Waals surface area contributed by atoms with Gasteiger partial charge in [0.1, 0.15) is 5.69 Å². The average Bonchev–Trinajstić information content (AvgIpc) is 2.52. The van der Waals surface area contributed by atoms with Gasteiger partial charge in [-0.25, -0.2) is 0 Å². The van der Waals surface area contributed by atoms with Crippen LogP contribution in [0.5, 0.6) is 0 Å². The van der Waals surface area contributed by atoms with Gasteiger partial charge in [0, 0.05) is 16.1 Å². The van der Waals surface area contributed by atoms with E-state index in [9.17, 15) is 9.59 Å². The molecule has 0 radical (unpaired) electrons. The molecule has 4 aliphatic carbocycles. The molecule has 0 spiro atoms. The Kier molecular flexibility index (Phi) is 3.40. The lowest BCUT2D eigenvalue weighted by molar-refractivity contribution is -0.0167. The molecule has 130 valence electrons. The molecule has 2 N–H and O–H groups in total. The van der Waals surface area contributed by atoms with Crippen molar-refractivity contribution in [2.75, 3.05) is 0 Å². The van der Waals surface area contributed by atoms with Crippen molar-refractivity contribution < 1.29 is 4.79 Å². The fourth-order valence-corrected chi connectivity index (χ4v) is 6.52. The lowest BCUT2D eigenvalue weighted by Crippen LogP contribution is -2.60. The minimum absolute atomic E-state index is 0.0467. The zero-order valence-corrected chi connectivity index (χ0v) is 15.6. The summed E-state index contributed by atoms with van der Waals surface area (Å²) in [5.41, 5.74) is 0.885. The fraction of sp³-hybridized carbons (Fsp3) is 0.500. The molecule has 1 aromatic carbocycles. The summed E-state index contributed by atoms with van der Waals surface area (Å²) in [5.74, 6) is 2.19. The SMILES string of the molecule is O=C(NC12CC3CC(CC(C3)C1)C2)c1cc(=O)c2c(Br)cccc2[nH]1. The van der Waals surface area contributed by atoms with E-state index in [0.29, 0.717) is 16.6 Å². The molecule has 5 heteroatoms. The van der Waals surface area contributed by atoms with Crippen molar-refractivity contribution in [2.24, 2.45) is 17.8 Å². The summed E-state index contributed by atoms with van der Waals surface area (Å²) < 4.78 is 0.749. The number of hydrogen-bond acceptors (Lipinski definition) is 2. The third-order valence-electron chi connectivity index (χ3n) is 6.47. The molecular weight excluding hydrogens is 380 g/mol. The van der Waals surface area contributed by atoms with Crippen LogP contribution in [0.25, 0.3) is 10.9 Å². The van der Waals surface area contributed by atoms with Crippen LogP contribution in [-0.4, -0.2) is 16.4 Å². The molecule has 0 atom stereocenters. The molecule has 2 aromatic rings. The number of fused-ring (bicyclic) bond motifs is 1. The number of pyridine rings is 1. The van der Waals surface area contributed by atoms with Gasteiger partial charge in [-0.1, -0.05) is 6.07 Å². The van der Waals surface area contributed by atoms with Crippen LogP contribution < -0.4 is 10.7 Å². The first-order chi connectivity index (χ1) is 12.0. The summed E-state index contributed by atoms with van der Waals surface area (Å²) in [5, 5.41) is 3.92. The molecule has 1 aromatic heterocycles. The molecule has 4 bridgehead atoms. The van der Waals surface area contributed by atoms with E-state index >= 15 is 0 Å². The zero-order chi connectivity index (χ0) is 17.2. The third kappa shape index (κ3) is 2.55. The lowest BCUT2D eigenvalue weighted by Gasteiger charge is -2.56. The fourth-order valence-electron chi connectivity index (χ4n) is 5.96. The van der Waals surface area contributed by atoms with Crippen molar-refractivity contribution in [1.82, 2.24) is 10.3 Å². The quantitative estimate of drug-likeness (QED) is 0.800. The Morgan fingerprint density at radius 1 is 1.12 bits per heavy atom. The van der Waals surface area contributed by atoms with Gasteiger partial charge in [-0.05, 0) is 84.3 Å². The molecule has 0 aliphatic heterocycles. The van der Waals surface area contributed by atoms with E-state index < -0.39 is 0 Å². The highest BCUT2D eigenvalue weighted by molar-refractivity contribution is 9.10. The van der Waals surface area contributed by atoms with E-state index in [4.69, 9.17) is 0 Å². The van der Waals surface area contributed by atoms with Gasteiger partial charge < -0.3 is 10.3 Å². The standard InChI is InChI=1S/C20H21BrN2O2/c21-14-2-1-3-15-18(14)17(24)7-16(22-15)19(25)23-20-8-11-4-12(9-20)6-13(5-11)10-20/h1-3,7,11-13H,4-6,8-10H2,(H,22,24)(H,23,25). The molecular formula is C20H21BrN2O2. The van der Waals surface area contributed by atoms with E-state index in [1.165, 1.54) is 25.3 Å². The Hall–Kier alpha value is -1.62. The number of H-pyrrole nitrogens is 1. The van der Waals surface area contributed by atoms with E-state index in [-0.39, 0.29) is 16.9 Å². The van der Waals surface area contributed by atoms with Gasteiger partial charge in [0.15, 0.2) is 5.43 Å². The summed E-state index contributed by atoms with van der Waals surface area (Å²) in [4.78, 5) is 28.5. The van der Waals surface area contributed by atoms with E-state index in [1.54, 1.807) is 0 Å². The molecule has 4 nitrogen and oxygen atoms in total. The van der Waals surface area contributed by atoms with Crippen LogP contribution in [0.15, 0.2) is 33.5 Å². The number of aromatic amines is 1. The van der Waals surface area contributed by atoms with E-state index in [2.05, 4.69) is 26.2 Å². The number of halogens is 1. The van der Waals surface area contributed by atoms with Crippen molar-refractivity contribution in [1.29, 1.82) is 0 Å². The predicted molar refractivity (Wildman–Crippen MR) is 101 cm³/mol. The number of nitrogens with one attached hydrogen (secondary N) is 2. The molecule has 4 fully saturated rings. The molecule has 6 rings (SSSR count). The number of carbonyl (C=O) groups excluding carboxylic acids is 1. The number of aromatic nitrogens is 1. The Morgan fingerprint density at radius 3 is 2.40 bits per heavy atom. The summed E-state index contributed by atoms with van der Waals surface area (Å²) in [6.45, 7) is 0. The van der Waals surface area contributed by atoms with Crippen molar-refractivity contribution in [2.45, 2.75) is 44.1 Å². The van der Waals surface area contributed by atoms with Gasteiger partial charge >= 0.3 is 0 Å². The first-order valence-corrected chi connectivity index (χ1v) is 9.95. The van der Waals surface area contributed by atoms with Gasteiger partial charge in [0.25, 0.3) is 5.91 Å². The largest absolute Gasteiger partial charge is 0.350 e. The molecule has 25 heavy (non-hydrogen) atoms. The van der Waals surface area contributed by atoms with Crippen LogP contribution >= 0.6 is 15.9 Å². The van der Waals surface area contributed by atoms with Crippen molar-refractivity contribution >= 4 is 32.7 Å². The molecule has 4 saturated carbocycles. The second-order valence-corrected chi connectivity index (χ2v) is 9.22. The van der Waals surface area contributed by atoms with Crippen LogP contribution in [0, 0.1) is 17.8 Å². The topological polar surface area (TPSA) is 62.0 Å². The maximum atomic E-state index is 12.9. The highest BCUT2D eigenvalue weighted by Gasteiger charge is 2.51.